The third-order valence-electron chi connectivity index (χ3n) is 6.26. The number of aromatic nitrogens is 6. The smallest absolute Gasteiger partial charge is 0.242 e. The Morgan fingerprint density at radius 1 is 1.03 bits per heavy atom. The van der Waals surface area contributed by atoms with Crippen LogP contribution in [0.2, 0.25) is 0 Å². The van der Waals surface area contributed by atoms with Crippen LogP contribution in [0.15, 0.2) is 48.9 Å². The second-order valence-corrected chi connectivity index (χ2v) is 8.84. The van der Waals surface area contributed by atoms with E-state index in [0.29, 0.717) is 17.2 Å². The lowest BCUT2D eigenvalue weighted by atomic mass is 10.1. The van der Waals surface area contributed by atoms with Crippen molar-refractivity contribution < 1.29 is 4.79 Å². The van der Waals surface area contributed by atoms with E-state index in [-0.39, 0.29) is 11.9 Å². The monoisotopic (exact) mass is 490 g/mol. The number of pyridine rings is 2. The van der Waals surface area contributed by atoms with Crippen molar-refractivity contribution in [1.82, 2.24) is 35.0 Å². The second-order valence-electron chi connectivity index (χ2n) is 8.84. The van der Waals surface area contributed by atoms with Gasteiger partial charge in [0, 0.05) is 35.5 Å². The van der Waals surface area contributed by atoms with Gasteiger partial charge in [-0.2, -0.15) is 5.10 Å². The number of rotatable bonds is 4. The fraction of sp³-hybridized carbons (Fsp3) is 0.214. The van der Waals surface area contributed by atoms with Gasteiger partial charge >= 0.3 is 0 Å². The number of carbonyl (C=O) groups is 1. The van der Waals surface area contributed by atoms with E-state index in [4.69, 9.17) is 0 Å². The topological polar surface area (TPSA) is 111 Å². The van der Waals surface area contributed by atoms with E-state index in [2.05, 4.69) is 47.5 Å². The average molecular weight is 491 g/mol. The van der Waals surface area contributed by atoms with Crippen molar-refractivity contribution in [3.05, 3.63) is 71.6 Å². The molecule has 0 aliphatic heterocycles. The normalized spacial score (nSPS) is 11.8. The van der Waals surface area contributed by atoms with Gasteiger partial charge in [-0.25, -0.2) is 15.0 Å². The highest BCUT2D eigenvalue weighted by molar-refractivity contribution is 5.95. The Balaban J connectivity index is 1.62. The minimum atomic E-state index is -0.388. The molecule has 0 unspecified atom stereocenters. The van der Waals surface area contributed by atoms with E-state index in [1.807, 2.05) is 51.2 Å². The molecule has 0 radical (unpaired) electrons. The molecule has 37 heavy (non-hydrogen) atoms. The molecule has 4 heterocycles. The number of fused-ring (bicyclic) bond motifs is 2. The molecular weight excluding hydrogens is 464 g/mol. The van der Waals surface area contributed by atoms with Crippen LogP contribution in [0.5, 0.6) is 0 Å². The van der Waals surface area contributed by atoms with Crippen molar-refractivity contribution in [3.63, 3.8) is 0 Å². The van der Waals surface area contributed by atoms with Crippen molar-refractivity contribution >= 4 is 33.5 Å². The zero-order chi connectivity index (χ0) is 26.1. The van der Waals surface area contributed by atoms with Crippen LogP contribution in [-0.2, 0) is 11.8 Å². The number of nitrogens with one attached hydrogen (secondary N) is 2. The molecule has 1 aromatic carbocycles. The molecule has 0 saturated carbocycles. The summed E-state index contributed by atoms with van der Waals surface area (Å²) >= 11 is 0. The highest BCUT2D eigenvalue weighted by Gasteiger charge is 2.17. The average Bonchev–Trinajstić information content (AvgIpc) is 3.20. The molecule has 2 N–H and O–H groups in total. The van der Waals surface area contributed by atoms with Crippen molar-refractivity contribution in [3.8, 4) is 23.1 Å². The maximum absolute atomic E-state index is 12.6. The molecule has 0 aliphatic carbocycles. The van der Waals surface area contributed by atoms with Gasteiger partial charge in [0.05, 0.1) is 17.4 Å². The zero-order valence-corrected chi connectivity index (χ0v) is 21.3. The van der Waals surface area contributed by atoms with E-state index >= 15 is 0 Å². The van der Waals surface area contributed by atoms with Crippen LogP contribution in [0, 0.1) is 25.7 Å². The van der Waals surface area contributed by atoms with E-state index in [1.165, 1.54) is 6.33 Å². The Bertz CT molecular complexity index is 1730. The molecule has 1 atom stereocenters. The molecule has 0 aliphatic rings. The van der Waals surface area contributed by atoms with E-state index in [9.17, 15) is 4.79 Å². The first-order valence-corrected chi connectivity index (χ1v) is 11.9. The van der Waals surface area contributed by atoms with Gasteiger partial charge in [0.2, 0.25) is 5.91 Å². The molecule has 0 bridgehead atoms. The van der Waals surface area contributed by atoms with Crippen molar-refractivity contribution in [1.29, 1.82) is 0 Å². The number of likely N-dealkylation sites (N-methyl/N-ethyl adjacent to an activating group) is 1. The second kappa shape index (κ2) is 9.76. The Morgan fingerprint density at radius 2 is 1.86 bits per heavy atom. The predicted molar refractivity (Wildman–Crippen MR) is 144 cm³/mol. The van der Waals surface area contributed by atoms with Crippen LogP contribution >= 0.6 is 0 Å². The molecule has 1 amide bonds. The molecule has 9 heteroatoms. The molecule has 0 spiro atoms. The molecule has 9 nitrogen and oxygen atoms in total. The summed E-state index contributed by atoms with van der Waals surface area (Å²) in [6, 6.07) is 11.3. The van der Waals surface area contributed by atoms with Gasteiger partial charge in [-0.1, -0.05) is 12.0 Å². The van der Waals surface area contributed by atoms with Gasteiger partial charge in [0.15, 0.2) is 0 Å². The summed E-state index contributed by atoms with van der Waals surface area (Å²) in [6.45, 7) is 5.68. The number of nitrogens with zero attached hydrogens (tertiary/aromatic N) is 6. The van der Waals surface area contributed by atoms with Crippen LogP contribution < -0.4 is 10.6 Å². The van der Waals surface area contributed by atoms with Crippen LogP contribution in [0.3, 0.4) is 0 Å². The molecule has 5 aromatic rings. The Kier molecular flexibility index (Phi) is 6.34. The third-order valence-corrected chi connectivity index (χ3v) is 6.26. The van der Waals surface area contributed by atoms with E-state index in [1.54, 1.807) is 30.9 Å². The Hall–Kier alpha value is -4.68. The zero-order valence-electron chi connectivity index (χ0n) is 21.3. The van der Waals surface area contributed by atoms with Gasteiger partial charge < -0.3 is 10.6 Å². The fourth-order valence-electron chi connectivity index (χ4n) is 4.19. The minimum Gasteiger partial charge on any atom is -0.309 e. The van der Waals surface area contributed by atoms with Crippen LogP contribution in [0.1, 0.15) is 29.6 Å². The first kappa shape index (κ1) is 24.0. The summed E-state index contributed by atoms with van der Waals surface area (Å²) in [7, 11) is 3.59. The van der Waals surface area contributed by atoms with Crippen LogP contribution in [0.4, 0.5) is 5.82 Å². The lowest BCUT2D eigenvalue weighted by Crippen LogP contribution is -2.35. The third kappa shape index (κ3) is 4.75. The quantitative estimate of drug-likeness (QED) is 0.371. The lowest BCUT2D eigenvalue weighted by molar-refractivity contribution is -0.117. The first-order chi connectivity index (χ1) is 17.8. The largest absolute Gasteiger partial charge is 0.309 e. The van der Waals surface area contributed by atoms with Crippen molar-refractivity contribution in [2.75, 3.05) is 12.4 Å². The predicted octanol–water partition coefficient (Wildman–Crippen LogP) is 3.54. The minimum absolute atomic E-state index is 0.200. The highest BCUT2D eigenvalue weighted by atomic mass is 16.2. The highest BCUT2D eigenvalue weighted by Crippen LogP contribution is 2.28. The van der Waals surface area contributed by atoms with Gasteiger partial charge in [-0.3, -0.25) is 14.5 Å². The number of anilines is 1. The van der Waals surface area contributed by atoms with Crippen LogP contribution in [0.25, 0.3) is 33.1 Å². The van der Waals surface area contributed by atoms with E-state index < -0.39 is 0 Å². The summed E-state index contributed by atoms with van der Waals surface area (Å²) in [4.78, 5) is 30.5. The summed E-state index contributed by atoms with van der Waals surface area (Å²) < 4.78 is 1.76. The van der Waals surface area contributed by atoms with Crippen molar-refractivity contribution in [2.24, 2.45) is 7.05 Å². The fourth-order valence-corrected chi connectivity index (χ4v) is 4.19. The van der Waals surface area contributed by atoms with Gasteiger partial charge in [0.25, 0.3) is 0 Å². The molecule has 5 rings (SSSR count). The maximum Gasteiger partial charge on any atom is 0.242 e. The van der Waals surface area contributed by atoms with E-state index in [0.717, 1.165) is 44.3 Å². The number of carbonyl (C=O) groups excluding carboxylic acids is 1. The number of aryl methyl sites for hydroxylation is 3. The van der Waals surface area contributed by atoms with Gasteiger partial charge in [-0.05, 0) is 69.5 Å². The molecule has 4 aromatic heterocycles. The SMILES string of the molecule is CN[C@H](C)C(=O)Nc1cc(-c2ncnc3c(C)nn(C)c23)cc(C#Cc2ccc3c(C)nccc3c2)n1. The van der Waals surface area contributed by atoms with Crippen molar-refractivity contribution in [2.45, 2.75) is 26.8 Å². The number of amides is 1. The van der Waals surface area contributed by atoms with Crippen LogP contribution in [-0.4, -0.2) is 48.7 Å². The number of benzene rings is 1. The Labute approximate surface area is 214 Å². The number of hydrogen-bond donors (Lipinski definition) is 2. The summed E-state index contributed by atoms with van der Waals surface area (Å²) in [5.41, 5.74) is 6.15. The molecule has 0 saturated heterocycles. The first-order valence-electron chi connectivity index (χ1n) is 11.9. The standard InChI is InChI=1S/C28H26N8O/c1-16-23-9-7-19(12-20(23)10-11-30-16)6-8-22-13-21(14-24(33-22)34-28(37)18(3)29-4)26-27-25(31-15-32-26)17(2)35-36(27)5/h7,9-15,18,29H,1-5H3,(H,33,34,37)/t18-/m1/s1. The summed E-state index contributed by atoms with van der Waals surface area (Å²) in [6.07, 6.45) is 3.31. The molecule has 184 valence electrons. The Morgan fingerprint density at radius 3 is 2.68 bits per heavy atom. The molecule has 0 fully saturated rings. The summed E-state index contributed by atoms with van der Waals surface area (Å²) in [5, 5.41) is 12.5. The summed E-state index contributed by atoms with van der Waals surface area (Å²) in [5.74, 6) is 6.56. The van der Waals surface area contributed by atoms with Gasteiger partial charge in [-0.15, -0.1) is 0 Å². The lowest BCUT2D eigenvalue weighted by Gasteiger charge is -2.12. The molecular formula is C28H26N8O. The number of hydrogen-bond acceptors (Lipinski definition) is 7. The maximum atomic E-state index is 12.6. The van der Waals surface area contributed by atoms with Gasteiger partial charge in [0.1, 0.15) is 28.9 Å².